The van der Waals surface area contributed by atoms with Gasteiger partial charge in [-0.25, -0.2) is 0 Å². The van der Waals surface area contributed by atoms with Crippen LogP contribution in [-0.4, -0.2) is 17.0 Å². The fourth-order valence-corrected chi connectivity index (χ4v) is 1.58. The molecule has 2 nitrogen and oxygen atoms in total. The minimum Gasteiger partial charge on any atom is -0.385 e. The molecule has 0 aliphatic heterocycles. The first-order chi connectivity index (χ1) is 7.15. The highest BCUT2D eigenvalue weighted by atomic mass is 35.5. The van der Waals surface area contributed by atoms with Crippen molar-refractivity contribution < 1.29 is 9.90 Å². The Morgan fingerprint density at radius 2 is 2.13 bits per heavy atom. The molecule has 1 rings (SSSR count). The third-order valence-corrected chi connectivity index (χ3v) is 2.63. The van der Waals surface area contributed by atoms with Crippen molar-refractivity contribution in [3.05, 3.63) is 34.9 Å². The van der Waals surface area contributed by atoms with Gasteiger partial charge in [-0.1, -0.05) is 43.1 Å². The van der Waals surface area contributed by atoms with E-state index < -0.39 is 6.10 Å². The number of aliphatic hydroxyl groups excluding tert-OH is 1. The van der Waals surface area contributed by atoms with Crippen LogP contribution in [-0.2, 0) is 11.2 Å². The summed E-state index contributed by atoms with van der Waals surface area (Å²) in [5.41, 5.74) is 0.777. The molecule has 0 fully saturated rings. The lowest BCUT2D eigenvalue weighted by atomic mass is 10.0. The number of benzene rings is 1. The molecule has 0 aliphatic rings. The number of rotatable bonds is 5. The van der Waals surface area contributed by atoms with Gasteiger partial charge in [-0.2, -0.15) is 0 Å². The summed E-state index contributed by atoms with van der Waals surface area (Å²) in [5.74, 6) is -0.162. The first-order valence-electron chi connectivity index (χ1n) is 5.09. The van der Waals surface area contributed by atoms with Crippen molar-refractivity contribution in [1.29, 1.82) is 0 Å². The number of Topliss-reactive ketones (excluding diaryl/α,β-unsaturated/α-hetero) is 1. The number of hydrogen-bond donors (Lipinski definition) is 1. The zero-order chi connectivity index (χ0) is 11.3. The Morgan fingerprint density at radius 3 is 2.73 bits per heavy atom. The van der Waals surface area contributed by atoms with Crippen molar-refractivity contribution in [3.63, 3.8) is 0 Å². The van der Waals surface area contributed by atoms with Gasteiger partial charge in [0.15, 0.2) is 5.78 Å². The van der Waals surface area contributed by atoms with Crippen LogP contribution in [0.2, 0.25) is 5.02 Å². The maximum absolute atomic E-state index is 11.5. The molecular weight excluding hydrogens is 212 g/mol. The van der Waals surface area contributed by atoms with E-state index in [2.05, 4.69) is 0 Å². The molecule has 0 amide bonds. The summed E-state index contributed by atoms with van der Waals surface area (Å²) in [6.45, 7) is 1.94. The molecule has 0 saturated heterocycles. The molecule has 1 aromatic carbocycles. The molecule has 0 radical (unpaired) electrons. The quantitative estimate of drug-likeness (QED) is 0.838. The van der Waals surface area contributed by atoms with Gasteiger partial charge in [-0.3, -0.25) is 4.79 Å². The van der Waals surface area contributed by atoms with E-state index >= 15 is 0 Å². The second-order valence-corrected chi connectivity index (χ2v) is 3.95. The van der Waals surface area contributed by atoms with Crippen molar-refractivity contribution in [3.8, 4) is 0 Å². The summed E-state index contributed by atoms with van der Waals surface area (Å²) in [6, 6.07) is 7.20. The Kier molecular flexibility index (Phi) is 4.79. The van der Waals surface area contributed by atoms with E-state index in [9.17, 15) is 9.90 Å². The van der Waals surface area contributed by atoms with Gasteiger partial charge in [0, 0.05) is 11.4 Å². The Morgan fingerprint density at radius 1 is 1.47 bits per heavy atom. The number of hydrogen-bond acceptors (Lipinski definition) is 2. The van der Waals surface area contributed by atoms with E-state index in [1.54, 1.807) is 12.1 Å². The lowest BCUT2D eigenvalue weighted by Crippen LogP contribution is -2.22. The molecule has 0 saturated carbocycles. The monoisotopic (exact) mass is 226 g/mol. The minimum absolute atomic E-state index is 0.162. The normalized spacial score (nSPS) is 12.5. The molecule has 3 heteroatoms. The molecule has 1 atom stereocenters. The van der Waals surface area contributed by atoms with Gasteiger partial charge in [-0.15, -0.1) is 0 Å². The molecule has 0 spiro atoms. The van der Waals surface area contributed by atoms with Gasteiger partial charge < -0.3 is 5.11 Å². The number of aliphatic hydroxyl groups is 1. The van der Waals surface area contributed by atoms with Crippen LogP contribution in [0.15, 0.2) is 24.3 Å². The lowest BCUT2D eigenvalue weighted by molar-refractivity contribution is -0.126. The Hall–Kier alpha value is -0.860. The molecule has 82 valence electrons. The Balaban J connectivity index is 2.62. The van der Waals surface area contributed by atoms with E-state index in [-0.39, 0.29) is 12.2 Å². The van der Waals surface area contributed by atoms with Crippen LogP contribution in [0.3, 0.4) is 0 Å². The lowest BCUT2D eigenvalue weighted by Gasteiger charge is -2.08. The van der Waals surface area contributed by atoms with Crippen LogP contribution in [0.25, 0.3) is 0 Å². The topological polar surface area (TPSA) is 37.3 Å². The predicted octanol–water partition coefficient (Wildman–Crippen LogP) is 2.61. The van der Waals surface area contributed by atoms with Crippen molar-refractivity contribution in [2.24, 2.45) is 0 Å². The standard InChI is InChI=1S/C12H15ClO2/c1-2-5-11(14)12(15)8-9-6-3-4-7-10(9)13/h3-4,6-7,11,14H,2,5,8H2,1H3. The smallest absolute Gasteiger partial charge is 0.165 e. The largest absolute Gasteiger partial charge is 0.385 e. The molecule has 1 unspecified atom stereocenters. The summed E-state index contributed by atoms with van der Waals surface area (Å²) >= 11 is 5.92. The highest BCUT2D eigenvalue weighted by Crippen LogP contribution is 2.16. The number of ketones is 1. The summed E-state index contributed by atoms with van der Waals surface area (Å²) in [6.07, 6.45) is 0.672. The third-order valence-electron chi connectivity index (χ3n) is 2.26. The van der Waals surface area contributed by atoms with Crippen LogP contribution in [0.4, 0.5) is 0 Å². The predicted molar refractivity (Wildman–Crippen MR) is 61.1 cm³/mol. The fourth-order valence-electron chi connectivity index (χ4n) is 1.38. The molecule has 15 heavy (non-hydrogen) atoms. The van der Waals surface area contributed by atoms with E-state index in [0.29, 0.717) is 11.4 Å². The Bertz CT molecular complexity index is 336. The number of carbonyl (C=O) groups is 1. The van der Waals surface area contributed by atoms with E-state index in [4.69, 9.17) is 11.6 Å². The zero-order valence-corrected chi connectivity index (χ0v) is 9.50. The zero-order valence-electron chi connectivity index (χ0n) is 8.74. The highest BCUT2D eigenvalue weighted by molar-refractivity contribution is 6.31. The van der Waals surface area contributed by atoms with E-state index in [1.807, 2.05) is 19.1 Å². The molecular formula is C12H15ClO2. The number of halogens is 1. The van der Waals surface area contributed by atoms with Crippen molar-refractivity contribution in [2.45, 2.75) is 32.3 Å². The molecule has 0 aliphatic carbocycles. The maximum atomic E-state index is 11.5. The van der Waals surface area contributed by atoms with Gasteiger partial charge in [-0.05, 0) is 18.1 Å². The van der Waals surface area contributed by atoms with Gasteiger partial charge in [0.2, 0.25) is 0 Å². The van der Waals surface area contributed by atoms with Crippen LogP contribution in [0.5, 0.6) is 0 Å². The van der Waals surface area contributed by atoms with Crippen LogP contribution in [0, 0.1) is 0 Å². The molecule has 0 aromatic heterocycles. The van der Waals surface area contributed by atoms with Crippen LogP contribution >= 0.6 is 11.6 Å². The van der Waals surface area contributed by atoms with Crippen molar-refractivity contribution in [1.82, 2.24) is 0 Å². The number of carbonyl (C=O) groups excluding carboxylic acids is 1. The average molecular weight is 227 g/mol. The van der Waals surface area contributed by atoms with Gasteiger partial charge in [0.05, 0.1) is 0 Å². The second-order valence-electron chi connectivity index (χ2n) is 3.54. The first-order valence-corrected chi connectivity index (χ1v) is 5.47. The van der Waals surface area contributed by atoms with Crippen molar-refractivity contribution in [2.75, 3.05) is 0 Å². The van der Waals surface area contributed by atoms with E-state index in [0.717, 1.165) is 12.0 Å². The molecule has 1 N–H and O–H groups in total. The first kappa shape index (κ1) is 12.2. The summed E-state index contributed by atoms with van der Waals surface area (Å²) in [5, 5.41) is 10.1. The third kappa shape index (κ3) is 3.65. The second kappa shape index (κ2) is 5.89. The highest BCUT2D eigenvalue weighted by Gasteiger charge is 2.15. The van der Waals surface area contributed by atoms with Gasteiger partial charge in [0.25, 0.3) is 0 Å². The fraction of sp³-hybridized carbons (Fsp3) is 0.417. The van der Waals surface area contributed by atoms with Crippen LogP contribution in [0.1, 0.15) is 25.3 Å². The van der Waals surface area contributed by atoms with E-state index in [1.165, 1.54) is 0 Å². The average Bonchev–Trinajstić information content (AvgIpc) is 2.21. The summed E-state index contributed by atoms with van der Waals surface area (Å²) < 4.78 is 0. The molecule has 0 bridgehead atoms. The van der Waals surface area contributed by atoms with Crippen molar-refractivity contribution >= 4 is 17.4 Å². The summed E-state index contributed by atoms with van der Waals surface area (Å²) in [7, 11) is 0. The minimum atomic E-state index is -0.855. The van der Waals surface area contributed by atoms with Crippen LogP contribution < -0.4 is 0 Å². The van der Waals surface area contributed by atoms with Gasteiger partial charge >= 0.3 is 0 Å². The SMILES string of the molecule is CCCC(O)C(=O)Cc1ccccc1Cl. The molecule has 1 aromatic rings. The van der Waals surface area contributed by atoms with Gasteiger partial charge in [0.1, 0.15) is 6.10 Å². The maximum Gasteiger partial charge on any atom is 0.165 e. The Labute approximate surface area is 94.9 Å². The summed E-state index contributed by atoms with van der Waals surface area (Å²) in [4.78, 5) is 11.5. The molecule has 0 heterocycles.